The summed E-state index contributed by atoms with van der Waals surface area (Å²) < 4.78 is 13.5. The molecule has 0 spiro atoms. The van der Waals surface area contributed by atoms with Gasteiger partial charge in [0.1, 0.15) is 5.82 Å². The zero-order chi connectivity index (χ0) is 15.4. The van der Waals surface area contributed by atoms with E-state index in [0.717, 1.165) is 5.56 Å². The van der Waals surface area contributed by atoms with Crippen LogP contribution in [0.5, 0.6) is 0 Å². The van der Waals surface area contributed by atoms with E-state index in [1.807, 2.05) is 0 Å². The van der Waals surface area contributed by atoms with E-state index < -0.39 is 17.7 Å². The van der Waals surface area contributed by atoms with Crippen LogP contribution in [-0.4, -0.2) is 17.0 Å². The van der Waals surface area contributed by atoms with Crippen molar-refractivity contribution in [2.24, 2.45) is 0 Å². The van der Waals surface area contributed by atoms with E-state index in [1.54, 1.807) is 25.1 Å². The molecule has 0 saturated carbocycles. The average molecular weight is 287 g/mol. The number of carboxylic acids is 1. The van der Waals surface area contributed by atoms with Crippen LogP contribution in [0.1, 0.15) is 21.5 Å². The molecule has 0 saturated heterocycles. The van der Waals surface area contributed by atoms with Crippen molar-refractivity contribution in [1.82, 2.24) is 0 Å². The number of amides is 1. The second kappa shape index (κ2) is 6.17. The zero-order valence-corrected chi connectivity index (χ0v) is 11.4. The van der Waals surface area contributed by atoms with Crippen LogP contribution in [0, 0.1) is 12.7 Å². The van der Waals surface area contributed by atoms with Crippen molar-refractivity contribution in [3.8, 4) is 0 Å². The standard InChI is InChI=1S/C16H14FNO3/c1-10-6-7-14(12(8-10)16(20)21)18-15(19)9-11-4-2-3-5-13(11)17/h2-8H,9H2,1H3,(H,18,19)(H,20,21). The molecule has 2 N–H and O–H groups in total. The van der Waals surface area contributed by atoms with Gasteiger partial charge in [0.05, 0.1) is 17.7 Å². The molecule has 2 aromatic rings. The van der Waals surface area contributed by atoms with Crippen LogP contribution in [0.15, 0.2) is 42.5 Å². The molecule has 21 heavy (non-hydrogen) atoms. The Balaban J connectivity index is 2.17. The molecule has 108 valence electrons. The highest BCUT2D eigenvalue weighted by Crippen LogP contribution is 2.18. The molecule has 0 fully saturated rings. The summed E-state index contributed by atoms with van der Waals surface area (Å²) in [5.74, 6) is -2.05. The molecule has 5 heteroatoms. The highest BCUT2D eigenvalue weighted by Gasteiger charge is 2.14. The second-order valence-corrected chi connectivity index (χ2v) is 4.67. The normalized spacial score (nSPS) is 10.2. The summed E-state index contributed by atoms with van der Waals surface area (Å²) in [6.45, 7) is 1.76. The highest BCUT2D eigenvalue weighted by molar-refractivity contribution is 6.01. The monoisotopic (exact) mass is 287 g/mol. The van der Waals surface area contributed by atoms with Gasteiger partial charge >= 0.3 is 5.97 Å². The minimum absolute atomic E-state index is 0.0110. The number of nitrogens with one attached hydrogen (secondary N) is 1. The van der Waals surface area contributed by atoms with Crippen molar-refractivity contribution in [3.05, 3.63) is 65.0 Å². The van der Waals surface area contributed by atoms with Gasteiger partial charge in [0.15, 0.2) is 0 Å². The lowest BCUT2D eigenvalue weighted by atomic mass is 10.1. The van der Waals surface area contributed by atoms with Crippen LogP contribution < -0.4 is 5.32 Å². The van der Waals surface area contributed by atoms with E-state index in [0.29, 0.717) is 0 Å². The summed E-state index contributed by atoms with van der Waals surface area (Å²) >= 11 is 0. The van der Waals surface area contributed by atoms with Crippen LogP contribution in [0.4, 0.5) is 10.1 Å². The molecule has 0 aliphatic heterocycles. The number of carboxylic acid groups (broad SMARTS) is 1. The van der Waals surface area contributed by atoms with Gasteiger partial charge in [-0.25, -0.2) is 9.18 Å². The SMILES string of the molecule is Cc1ccc(NC(=O)Cc2ccccc2F)c(C(=O)O)c1. The quantitative estimate of drug-likeness (QED) is 0.908. The van der Waals surface area contributed by atoms with E-state index in [2.05, 4.69) is 5.32 Å². The maximum Gasteiger partial charge on any atom is 0.337 e. The van der Waals surface area contributed by atoms with Gasteiger partial charge in [-0.15, -0.1) is 0 Å². The van der Waals surface area contributed by atoms with Crippen molar-refractivity contribution in [1.29, 1.82) is 0 Å². The number of carbonyl (C=O) groups is 2. The van der Waals surface area contributed by atoms with E-state index in [4.69, 9.17) is 5.11 Å². The molecular weight excluding hydrogens is 273 g/mol. The molecule has 1 amide bonds. The third-order valence-electron chi connectivity index (χ3n) is 2.99. The van der Waals surface area contributed by atoms with Crippen LogP contribution in [0.3, 0.4) is 0 Å². The zero-order valence-electron chi connectivity index (χ0n) is 11.4. The molecule has 2 rings (SSSR count). The minimum Gasteiger partial charge on any atom is -0.478 e. The second-order valence-electron chi connectivity index (χ2n) is 4.67. The fourth-order valence-corrected chi connectivity index (χ4v) is 1.95. The Hall–Kier alpha value is -2.69. The van der Waals surface area contributed by atoms with Crippen molar-refractivity contribution in [2.75, 3.05) is 5.32 Å². The van der Waals surface area contributed by atoms with Gasteiger partial charge in [0, 0.05) is 0 Å². The van der Waals surface area contributed by atoms with E-state index in [1.165, 1.54) is 24.3 Å². The van der Waals surface area contributed by atoms with Crippen molar-refractivity contribution in [2.45, 2.75) is 13.3 Å². The number of aromatic carboxylic acids is 1. The first-order chi connectivity index (χ1) is 9.97. The Morgan fingerprint density at radius 1 is 1.19 bits per heavy atom. The number of aryl methyl sites for hydroxylation is 1. The number of hydrogen-bond acceptors (Lipinski definition) is 2. The third-order valence-corrected chi connectivity index (χ3v) is 2.99. The number of anilines is 1. The summed E-state index contributed by atoms with van der Waals surface area (Å²) in [5.41, 5.74) is 1.25. The molecule has 0 aliphatic carbocycles. The van der Waals surface area contributed by atoms with Gasteiger partial charge in [0.2, 0.25) is 5.91 Å². The van der Waals surface area contributed by atoms with E-state index in [9.17, 15) is 14.0 Å². The van der Waals surface area contributed by atoms with Gasteiger partial charge in [-0.1, -0.05) is 29.8 Å². The molecule has 0 aliphatic rings. The van der Waals surface area contributed by atoms with Crippen LogP contribution in [-0.2, 0) is 11.2 Å². The Morgan fingerprint density at radius 3 is 2.57 bits per heavy atom. The summed E-state index contributed by atoms with van der Waals surface area (Å²) in [6, 6.07) is 10.7. The van der Waals surface area contributed by atoms with Crippen LogP contribution in [0.25, 0.3) is 0 Å². The first-order valence-corrected chi connectivity index (χ1v) is 6.34. The van der Waals surface area contributed by atoms with E-state index >= 15 is 0 Å². The van der Waals surface area contributed by atoms with Gasteiger partial charge in [0.25, 0.3) is 0 Å². The lowest BCUT2D eigenvalue weighted by Crippen LogP contribution is -2.17. The molecule has 2 aromatic carbocycles. The summed E-state index contributed by atoms with van der Waals surface area (Å²) in [4.78, 5) is 23.1. The molecule has 0 bridgehead atoms. The maximum atomic E-state index is 13.5. The number of halogens is 1. The van der Waals surface area contributed by atoms with Crippen molar-refractivity contribution in [3.63, 3.8) is 0 Å². The van der Waals surface area contributed by atoms with Crippen LogP contribution >= 0.6 is 0 Å². The lowest BCUT2D eigenvalue weighted by Gasteiger charge is -2.09. The molecule has 0 radical (unpaired) electrons. The van der Waals surface area contributed by atoms with Gasteiger partial charge in [-0.2, -0.15) is 0 Å². The third kappa shape index (κ3) is 3.66. The van der Waals surface area contributed by atoms with Gasteiger partial charge in [-0.05, 0) is 30.7 Å². The minimum atomic E-state index is -1.13. The van der Waals surface area contributed by atoms with Crippen molar-refractivity contribution >= 4 is 17.6 Å². The van der Waals surface area contributed by atoms with Crippen LogP contribution in [0.2, 0.25) is 0 Å². The number of hydrogen-bond donors (Lipinski definition) is 2. The fourth-order valence-electron chi connectivity index (χ4n) is 1.95. The molecule has 0 aromatic heterocycles. The molecule has 4 nitrogen and oxygen atoms in total. The largest absolute Gasteiger partial charge is 0.478 e. The lowest BCUT2D eigenvalue weighted by molar-refractivity contribution is -0.115. The molecule has 0 atom stereocenters. The Labute approximate surface area is 121 Å². The summed E-state index contributed by atoms with van der Waals surface area (Å²) in [5, 5.41) is 11.6. The fraction of sp³-hybridized carbons (Fsp3) is 0.125. The predicted molar refractivity (Wildman–Crippen MR) is 76.9 cm³/mol. The summed E-state index contributed by atoms with van der Waals surface area (Å²) in [6.07, 6.45) is -0.153. The Bertz CT molecular complexity index is 698. The van der Waals surface area contributed by atoms with Crippen molar-refractivity contribution < 1.29 is 19.1 Å². The Morgan fingerprint density at radius 2 is 1.90 bits per heavy atom. The van der Waals surface area contributed by atoms with Gasteiger partial charge < -0.3 is 10.4 Å². The maximum absolute atomic E-state index is 13.5. The molecular formula is C16H14FNO3. The average Bonchev–Trinajstić information content (AvgIpc) is 2.43. The van der Waals surface area contributed by atoms with E-state index in [-0.39, 0.29) is 23.2 Å². The molecule has 0 unspecified atom stereocenters. The number of rotatable bonds is 4. The first-order valence-electron chi connectivity index (χ1n) is 6.34. The number of carbonyl (C=O) groups excluding carboxylic acids is 1. The highest BCUT2D eigenvalue weighted by atomic mass is 19.1. The first kappa shape index (κ1) is 14.7. The predicted octanol–water partition coefficient (Wildman–Crippen LogP) is 3.01. The Kier molecular flexibility index (Phi) is 4.33. The summed E-state index contributed by atoms with van der Waals surface area (Å²) in [7, 11) is 0. The number of benzene rings is 2. The topological polar surface area (TPSA) is 66.4 Å². The van der Waals surface area contributed by atoms with Gasteiger partial charge in [-0.3, -0.25) is 4.79 Å². The molecule has 0 heterocycles. The smallest absolute Gasteiger partial charge is 0.337 e.